The van der Waals surface area contributed by atoms with Gasteiger partial charge < -0.3 is 4.57 Å². The molecular weight excluding hydrogens is 503 g/mol. The molecule has 0 aliphatic carbocycles. The van der Waals surface area contributed by atoms with E-state index in [0.29, 0.717) is 0 Å². The van der Waals surface area contributed by atoms with Crippen LogP contribution < -0.4 is 15.9 Å². The van der Waals surface area contributed by atoms with Crippen LogP contribution in [0.2, 0.25) is 0 Å². The van der Waals surface area contributed by atoms with E-state index >= 15 is 4.57 Å². The van der Waals surface area contributed by atoms with Gasteiger partial charge in [-0.1, -0.05) is 109 Å². The highest BCUT2D eigenvalue weighted by molar-refractivity contribution is 7.86. The van der Waals surface area contributed by atoms with Crippen LogP contribution in [-0.4, -0.2) is 0 Å². The van der Waals surface area contributed by atoms with Gasteiger partial charge in [0, 0.05) is 21.3 Å². The molecule has 0 radical (unpaired) electrons. The summed E-state index contributed by atoms with van der Waals surface area (Å²) in [5, 5.41) is 17.3. The highest BCUT2D eigenvalue weighted by atomic mass is 31.2. The van der Waals surface area contributed by atoms with Gasteiger partial charge in [0.15, 0.2) is 7.14 Å². The minimum atomic E-state index is -3.24. The second-order valence-corrected chi connectivity index (χ2v) is 13.9. The molecule has 1 atom stereocenters. The molecule has 0 fully saturated rings. The average Bonchev–Trinajstić information content (AvgIpc) is 3.01. The third kappa shape index (κ3) is 2.36. The zero-order chi connectivity index (χ0) is 26.2. The van der Waals surface area contributed by atoms with Gasteiger partial charge in [-0.25, -0.2) is 0 Å². The monoisotopic (exact) mass is 524 g/mol. The molecule has 184 valence electrons. The van der Waals surface area contributed by atoms with Gasteiger partial charge in [0.2, 0.25) is 0 Å². The molecule has 0 saturated heterocycles. The topological polar surface area (TPSA) is 17.1 Å². The molecule has 0 spiro atoms. The lowest BCUT2D eigenvalue weighted by atomic mass is 9.88. The Balaban J connectivity index is 1.44. The van der Waals surface area contributed by atoms with E-state index in [0.717, 1.165) is 32.2 Å². The smallest absolute Gasteiger partial charge is 0.172 e. The Morgan fingerprint density at radius 2 is 0.900 bits per heavy atom. The van der Waals surface area contributed by atoms with Gasteiger partial charge in [-0.3, -0.25) is 0 Å². The van der Waals surface area contributed by atoms with Gasteiger partial charge in [0.25, 0.3) is 0 Å². The summed E-state index contributed by atoms with van der Waals surface area (Å²) in [6.45, 7) is 0. The summed E-state index contributed by atoms with van der Waals surface area (Å²) in [6.07, 6.45) is 0. The molecule has 0 amide bonds. The summed E-state index contributed by atoms with van der Waals surface area (Å²) in [6, 6.07) is 45.6. The molecule has 40 heavy (non-hydrogen) atoms. The van der Waals surface area contributed by atoms with Crippen LogP contribution in [0.5, 0.6) is 0 Å². The van der Waals surface area contributed by atoms with E-state index in [1.807, 2.05) is 6.07 Å². The summed E-state index contributed by atoms with van der Waals surface area (Å²) in [5.41, 5.74) is 2.27. The van der Waals surface area contributed by atoms with Crippen molar-refractivity contribution in [2.45, 2.75) is 0 Å². The zero-order valence-corrected chi connectivity index (χ0v) is 22.4. The predicted octanol–water partition coefficient (Wildman–Crippen LogP) is 9.10. The quantitative estimate of drug-likeness (QED) is 0.155. The van der Waals surface area contributed by atoms with Crippen LogP contribution in [0, 0.1) is 0 Å². The molecule has 0 aromatic heterocycles. The predicted molar refractivity (Wildman–Crippen MR) is 172 cm³/mol. The van der Waals surface area contributed by atoms with Crippen LogP contribution in [0.15, 0.2) is 127 Å². The van der Waals surface area contributed by atoms with Crippen molar-refractivity contribution in [2.75, 3.05) is 0 Å². The van der Waals surface area contributed by atoms with Crippen LogP contribution in [0.1, 0.15) is 0 Å². The standard InChI is InChI=1S/C38H21OP/c39-40(32-19-16-25-13-11-22-5-3-6-24-15-18-29(32)36(25)34(22)24)31-10-2-1-9-28(31)30-21-27-8-4-7-23-12-14-26-17-20-33(40)38(30)37(26)35(23)27/h1-21H. The summed E-state index contributed by atoms with van der Waals surface area (Å²) < 4.78 is 16.1. The second kappa shape index (κ2) is 7.07. The van der Waals surface area contributed by atoms with E-state index in [9.17, 15) is 0 Å². The zero-order valence-electron chi connectivity index (χ0n) is 21.5. The fraction of sp³-hybridized carbons (Fsp3) is 0. The minimum Gasteiger partial charge on any atom is -0.309 e. The summed E-state index contributed by atoms with van der Waals surface area (Å²) in [7, 11) is -3.24. The van der Waals surface area contributed by atoms with Crippen LogP contribution >= 0.6 is 7.14 Å². The molecule has 2 heteroatoms. The molecule has 9 aromatic carbocycles. The maximum absolute atomic E-state index is 16.1. The van der Waals surface area contributed by atoms with E-state index < -0.39 is 7.14 Å². The van der Waals surface area contributed by atoms with Crippen molar-refractivity contribution < 1.29 is 4.57 Å². The van der Waals surface area contributed by atoms with Crippen molar-refractivity contribution in [3.8, 4) is 11.1 Å². The minimum absolute atomic E-state index is 0.936. The van der Waals surface area contributed by atoms with Crippen molar-refractivity contribution in [3.05, 3.63) is 127 Å². The molecule has 1 nitrogen and oxygen atoms in total. The Hall–Kier alpha value is -4.71. The molecule has 9 aromatic rings. The number of hydrogen-bond donors (Lipinski definition) is 0. The van der Waals surface area contributed by atoms with Crippen molar-refractivity contribution in [1.29, 1.82) is 0 Å². The fourth-order valence-electron chi connectivity index (χ4n) is 7.67. The van der Waals surface area contributed by atoms with E-state index in [1.54, 1.807) is 0 Å². The lowest BCUT2D eigenvalue weighted by Gasteiger charge is -2.31. The Labute approximate surface area is 230 Å². The van der Waals surface area contributed by atoms with Gasteiger partial charge in [-0.2, -0.15) is 0 Å². The third-order valence-electron chi connectivity index (χ3n) is 9.32. The molecular formula is C38H21OP. The van der Waals surface area contributed by atoms with E-state index in [-0.39, 0.29) is 0 Å². The average molecular weight is 525 g/mol. The normalized spacial score (nSPS) is 16.7. The van der Waals surface area contributed by atoms with Gasteiger partial charge in [-0.05, 0) is 88.6 Å². The Kier molecular flexibility index (Phi) is 3.74. The highest BCUT2D eigenvalue weighted by Gasteiger charge is 2.40. The van der Waals surface area contributed by atoms with E-state index in [1.165, 1.54) is 59.4 Å². The SMILES string of the molecule is O=P1(c2ccc3ccc4cccc5ccc2c3c45)c2ccccc2-c2cc3cccc4ccc5ccc1c2c5c43. The summed E-state index contributed by atoms with van der Waals surface area (Å²) >= 11 is 0. The summed E-state index contributed by atoms with van der Waals surface area (Å²) in [4.78, 5) is 0. The first-order valence-electron chi connectivity index (χ1n) is 13.8. The number of fused-ring (bicyclic) bond motifs is 2. The first-order valence-corrected chi connectivity index (χ1v) is 15.5. The van der Waals surface area contributed by atoms with Crippen molar-refractivity contribution >= 4 is 87.7 Å². The van der Waals surface area contributed by atoms with Crippen molar-refractivity contribution in [1.82, 2.24) is 0 Å². The van der Waals surface area contributed by atoms with Crippen LogP contribution in [0.4, 0.5) is 0 Å². The molecule has 0 N–H and O–H groups in total. The third-order valence-corrected chi connectivity index (χ3v) is 12.5. The van der Waals surface area contributed by atoms with E-state index in [2.05, 4.69) is 121 Å². The number of benzene rings is 9. The second-order valence-electron chi connectivity index (χ2n) is 11.2. The first-order chi connectivity index (χ1) is 19.7. The highest BCUT2D eigenvalue weighted by Crippen LogP contribution is 2.55. The van der Waals surface area contributed by atoms with Crippen molar-refractivity contribution in [2.24, 2.45) is 0 Å². The molecule has 0 saturated carbocycles. The molecule has 1 aliphatic heterocycles. The molecule has 1 aliphatic rings. The van der Waals surface area contributed by atoms with Crippen molar-refractivity contribution in [3.63, 3.8) is 0 Å². The largest absolute Gasteiger partial charge is 0.309 e. The van der Waals surface area contributed by atoms with Gasteiger partial charge in [0.1, 0.15) is 0 Å². The Morgan fingerprint density at radius 1 is 0.350 bits per heavy atom. The molecule has 1 unspecified atom stereocenters. The van der Waals surface area contributed by atoms with Crippen LogP contribution in [0.3, 0.4) is 0 Å². The summed E-state index contributed by atoms with van der Waals surface area (Å²) in [5.74, 6) is 0. The number of hydrogen-bond acceptors (Lipinski definition) is 1. The lowest BCUT2D eigenvalue weighted by Crippen LogP contribution is -2.30. The first kappa shape index (κ1) is 21.2. The fourth-order valence-corrected chi connectivity index (χ4v) is 10.9. The van der Waals surface area contributed by atoms with Gasteiger partial charge in [0.05, 0.1) is 0 Å². The maximum Gasteiger partial charge on any atom is 0.172 e. The molecule has 1 heterocycles. The molecule has 10 rings (SSSR count). The van der Waals surface area contributed by atoms with E-state index in [4.69, 9.17) is 0 Å². The van der Waals surface area contributed by atoms with Crippen LogP contribution in [-0.2, 0) is 4.57 Å². The maximum atomic E-state index is 16.1. The molecule has 0 bridgehead atoms. The number of rotatable bonds is 1. The van der Waals surface area contributed by atoms with Gasteiger partial charge in [-0.15, -0.1) is 0 Å². The van der Waals surface area contributed by atoms with Crippen LogP contribution in [0.25, 0.3) is 75.8 Å². The Bertz CT molecular complexity index is 2560. The Morgan fingerprint density at radius 3 is 1.65 bits per heavy atom. The lowest BCUT2D eigenvalue weighted by molar-refractivity contribution is 0.593. The van der Waals surface area contributed by atoms with Gasteiger partial charge >= 0.3 is 0 Å².